The Bertz CT molecular complexity index is 1090. The van der Waals surface area contributed by atoms with Gasteiger partial charge in [0.2, 0.25) is 5.91 Å². The van der Waals surface area contributed by atoms with Crippen molar-refractivity contribution in [2.75, 3.05) is 19.6 Å². The second-order valence-electron chi connectivity index (χ2n) is 10.7. The monoisotopic (exact) mass is 540 g/mol. The van der Waals surface area contributed by atoms with Crippen LogP contribution in [0, 0.1) is 11.7 Å². The van der Waals surface area contributed by atoms with E-state index < -0.39 is 11.8 Å². The highest BCUT2D eigenvalue weighted by atomic mass is 32.2. The summed E-state index contributed by atoms with van der Waals surface area (Å²) in [6.07, 6.45) is 7.58. The summed E-state index contributed by atoms with van der Waals surface area (Å²) in [6.45, 7) is 2.15. The van der Waals surface area contributed by atoms with E-state index in [1.807, 2.05) is 39.5 Å². The van der Waals surface area contributed by atoms with E-state index in [2.05, 4.69) is 10.6 Å². The molecule has 1 spiro atoms. The summed E-state index contributed by atoms with van der Waals surface area (Å²) in [5.41, 5.74) is 1.03. The van der Waals surface area contributed by atoms with E-state index in [-0.39, 0.29) is 24.3 Å². The summed E-state index contributed by atoms with van der Waals surface area (Å²) in [4.78, 5) is 27.7. The molecular weight excluding hydrogens is 503 g/mol. The Morgan fingerprint density at radius 3 is 2.50 bits per heavy atom. The first-order chi connectivity index (χ1) is 18.5. The Hall–Kier alpha value is -2.62. The van der Waals surface area contributed by atoms with Crippen LogP contribution in [0.5, 0.6) is 0 Å². The highest BCUT2D eigenvalue weighted by Crippen LogP contribution is 2.36. The van der Waals surface area contributed by atoms with Crippen LogP contribution in [0.2, 0.25) is 0 Å². The molecule has 5 rings (SSSR count). The van der Waals surface area contributed by atoms with E-state index in [9.17, 15) is 14.0 Å². The van der Waals surface area contributed by atoms with Crippen molar-refractivity contribution in [2.45, 2.75) is 69.6 Å². The number of hydrogen-bond donors (Lipinski definition) is 2. The van der Waals surface area contributed by atoms with E-state index in [0.717, 1.165) is 17.8 Å². The van der Waals surface area contributed by atoms with Crippen molar-refractivity contribution in [3.8, 4) is 0 Å². The molecule has 3 fully saturated rings. The van der Waals surface area contributed by atoms with E-state index in [0.29, 0.717) is 50.4 Å². The summed E-state index contributed by atoms with van der Waals surface area (Å²) >= 11 is 1.08. The number of rotatable bonds is 8. The Kier molecular flexibility index (Phi) is 8.86. The zero-order valence-electron chi connectivity index (χ0n) is 21.7. The maximum absolute atomic E-state index is 14.6. The summed E-state index contributed by atoms with van der Waals surface area (Å²) in [5.74, 6) is 0.241. The van der Waals surface area contributed by atoms with Gasteiger partial charge in [-0.3, -0.25) is 10.1 Å². The quantitative estimate of drug-likeness (QED) is 0.362. The van der Waals surface area contributed by atoms with Crippen molar-refractivity contribution in [1.82, 2.24) is 19.8 Å². The molecule has 0 radical (unpaired) electrons. The highest BCUT2D eigenvalue weighted by molar-refractivity contribution is 7.92. The molecule has 1 saturated carbocycles. The average Bonchev–Trinajstić information content (AvgIpc) is 3.19. The second-order valence-corrected chi connectivity index (χ2v) is 11.5. The number of nitrogens with one attached hydrogen (secondary N) is 2. The number of nitrogens with zero attached hydrogens (tertiary/aromatic N) is 2. The van der Waals surface area contributed by atoms with Crippen molar-refractivity contribution in [3.05, 3.63) is 71.5 Å². The molecule has 204 valence electrons. The predicted octanol–water partition coefficient (Wildman–Crippen LogP) is 5.03. The summed E-state index contributed by atoms with van der Waals surface area (Å²) < 4.78 is 22.0. The third-order valence-electron chi connectivity index (χ3n) is 8.12. The van der Waals surface area contributed by atoms with E-state index >= 15 is 0 Å². The van der Waals surface area contributed by atoms with Gasteiger partial charge in [0.25, 0.3) is 0 Å². The highest BCUT2D eigenvalue weighted by Gasteiger charge is 2.51. The van der Waals surface area contributed by atoms with Crippen LogP contribution in [-0.2, 0) is 21.9 Å². The molecule has 3 aliphatic rings. The minimum atomic E-state index is -0.570. The fourth-order valence-corrected chi connectivity index (χ4v) is 6.52. The number of amides is 2. The number of hydrogen-bond acceptors (Lipinski definition) is 6. The first-order valence-electron chi connectivity index (χ1n) is 13.8. The predicted molar refractivity (Wildman–Crippen MR) is 146 cm³/mol. The summed E-state index contributed by atoms with van der Waals surface area (Å²) in [7, 11) is 0. The van der Waals surface area contributed by atoms with Crippen LogP contribution < -0.4 is 10.6 Å². The first kappa shape index (κ1) is 27.0. The lowest BCUT2D eigenvalue weighted by Crippen LogP contribution is -2.57. The molecule has 2 heterocycles. The van der Waals surface area contributed by atoms with Gasteiger partial charge >= 0.3 is 6.09 Å². The number of carbonyl (C=O) groups excluding carboxylic acids is 2. The smallest absolute Gasteiger partial charge is 0.358 e. The standard InChI is InChI=1S/C29H37FN4O3S/c30-25-14-8-7-13-24(25)21-34-27(35)26(19-22-9-3-1-4-10-22)32-29(34)15-17-33(18-16-29)38-37-28(36)31-20-23-11-5-2-6-12-23/h1,3-4,7-10,13-14,23,26,32H,2,5-6,11-12,15-21H2,(H,31,36). The molecule has 2 aliphatic heterocycles. The largest absolute Gasteiger partial charge is 0.420 e. The maximum Gasteiger partial charge on any atom is 0.420 e. The first-order valence-corrected chi connectivity index (χ1v) is 14.5. The van der Waals surface area contributed by atoms with Gasteiger partial charge in [-0.15, -0.1) is 0 Å². The lowest BCUT2D eigenvalue weighted by atomic mass is 9.89. The molecular formula is C29H37FN4O3S. The van der Waals surface area contributed by atoms with Gasteiger partial charge in [-0.2, -0.15) is 0 Å². The molecule has 2 aromatic rings. The average molecular weight is 541 g/mol. The SMILES string of the molecule is O=C(NCC1CCCCC1)OSN1CCC2(CC1)NC(Cc1ccccc1)C(=O)N2Cc1ccccc1F. The summed E-state index contributed by atoms with van der Waals surface area (Å²) in [5, 5.41) is 6.54. The van der Waals surface area contributed by atoms with Crippen LogP contribution in [0.4, 0.5) is 9.18 Å². The molecule has 7 nitrogen and oxygen atoms in total. The third-order valence-corrected chi connectivity index (χ3v) is 8.92. The topological polar surface area (TPSA) is 73.9 Å². The fourth-order valence-electron chi connectivity index (χ4n) is 5.96. The van der Waals surface area contributed by atoms with E-state index in [1.54, 1.807) is 18.2 Å². The van der Waals surface area contributed by atoms with Crippen LogP contribution in [0.15, 0.2) is 54.6 Å². The Labute approximate surface area is 228 Å². The lowest BCUT2D eigenvalue weighted by molar-refractivity contribution is -0.134. The fraction of sp³-hybridized carbons (Fsp3) is 0.517. The van der Waals surface area contributed by atoms with Crippen molar-refractivity contribution in [3.63, 3.8) is 0 Å². The second kappa shape index (κ2) is 12.5. The molecule has 2 N–H and O–H groups in total. The van der Waals surface area contributed by atoms with E-state index in [1.165, 1.54) is 38.2 Å². The van der Waals surface area contributed by atoms with Gasteiger partial charge in [-0.25, -0.2) is 13.5 Å². The molecule has 38 heavy (non-hydrogen) atoms. The van der Waals surface area contributed by atoms with E-state index in [4.69, 9.17) is 4.18 Å². The minimum absolute atomic E-state index is 0.00319. The molecule has 1 atom stereocenters. The molecule has 2 saturated heterocycles. The summed E-state index contributed by atoms with van der Waals surface area (Å²) in [6, 6.07) is 16.2. The number of piperidine rings is 1. The Morgan fingerprint density at radius 1 is 1.05 bits per heavy atom. The van der Waals surface area contributed by atoms with Crippen molar-refractivity contribution in [2.24, 2.45) is 5.92 Å². The van der Waals surface area contributed by atoms with Gasteiger partial charge in [0, 0.05) is 25.2 Å². The Balaban J connectivity index is 1.19. The van der Waals surface area contributed by atoms with Gasteiger partial charge in [-0.05, 0) is 49.7 Å². The van der Waals surface area contributed by atoms with Gasteiger partial charge in [0.05, 0.1) is 18.2 Å². The van der Waals surface area contributed by atoms with Crippen LogP contribution in [0.25, 0.3) is 0 Å². The van der Waals surface area contributed by atoms with Crippen LogP contribution in [0.1, 0.15) is 56.1 Å². The van der Waals surface area contributed by atoms with Gasteiger partial charge in [-0.1, -0.05) is 67.8 Å². The minimum Gasteiger partial charge on any atom is -0.358 e. The lowest BCUT2D eigenvalue weighted by Gasteiger charge is -2.43. The van der Waals surface area contributed by atoms with Crippen LogP contribution in [0.3, 0.4) is 0 Å². The van der Waals surface area contributed by atoms with Gasteiger partial charge in [0.15, 0.2) is 12.2 Å². The van der Waals surface area contributed by atoms with Crippen LogP contribution >= 0.6 is 12.2 Å². The van der Waals surface area contributed by atoms with Crippen molar-refractivity contribution in [1.29, 1.82) is 0 Å². The molecule has 0 bridgehead atoms. The number of carbonyl (C=O) groups is 2. The zero-order valence-corrected chi connectivity index (χ0v) is 22.6. The number of halogens is 1. The van der Waals surface area contributed by atoms with Gasteiger partial charge in [0.1, 0.15) is 5.82 Å². The maximum atomic E-state index is 14.6. The molecule has 1 unspecified atom stereocenters. The number of benzene rings is 2. The molecule has 1 aliphatic carbocycles. The molecule has 2 amide bonds. The van der Waals surface area contributed by atoms with Crippen LogP contribution in [-0.4, -0.2) is 52.5 Å². The molecule has 0 aromatic heterocycles. The van der Waals surface area contributed by atoms with Crippen molar-refractivity contribution < 1.29 is 18.2 Å². The third kappa shape index (κ3) is 6.50. The van der Waals surface area contributed by atoms with Crippen molar-refractivity contribution >= 4 is 24.2 Å². The normalized spacial score (nSPS) is 22.1. The Morgan fingerprint density at radius 2 is 1.76 bits per heavy atom. The molecule has 9 heteroatoms. The zero-order chi connectivity index (χ0) is 26.4. The molecule has 2 aromatic carbocycles. The van der Waals surface area contributed by atoms with Gasteiger partial charge < -0.3 is 14.4 Å².